The van der Waals surface area contributed by atoms with Gasteiger partial charge in [0.25, 0.3) is 0 Å². The largest absolute Gasteiger partial charge is 0.457 e. The Labute approximate surface area is 188 Å². The number of benzene rings is 2. The highest BCUT2D eigenvalue weighted by Gasteiger charge is 2.41. The minimum absolute atomic E-state index is 0.0250. The van der Waals surface area contributed by atoms with Crippen LogP contribution in [0.4, 0.5) is 0 Å². The highest BCUT2D eigenvalue weighted by atomic mass is 32.2. The molecule has 0 radical (unpaired) electrons. The predicted octanol–water partition coefficient (Wildman–Crippen LogP) is 2.48. The summed E-state index contributed by atoms with van der Waals surface area (Å²) < 4.78 is 28.8. The monoisotopic (exact) mass is 456 g/mol. The maximum Gasteiger partial charge on any atom is 0.307 e. The van der Waals surface area contributed by atoms with Crippen molar-refractivity contribution >= 4 is 21.7 Å². The number of rotatable bonds is 6. The number of esters is 1. The fourth-order valence-electron chi connectivity index (χ4n) is 4.38. The number of carbonyl (C=O) groups is 2. The molecule has 0 spiro atoms. The van der Waals surface area contributed by atoms with Crippen molar-refractivity contribution in [1.82, 2.24) is 10.2 Å². The SMILES string of the molecule is CS(=O)(=O)c1ccc([C@H]2OC(=O)C[C@@H]2C(=O)NC2CCN(Cc3ccccc3)CC2)cc1. The van der Waals surface area contributed by atoms with Crippen LogP contribution in [0.2, 0.25) is 0 Å². The summed E-state index contributed by atoms with van der Waals surface area (Å²) in [6, 6.07) is 16.6. The van der Waals surface area contributed by atoms with E-state index in [1.54, 1.807) is 12.1 Å². The molecule has 1 N–H and O–H groups in total. The van der Waals surface area contributed by atoms with Gasteiger partial charge in [0.1, 0.15) is 6.10 Å². The summed E-state index contributed by atoms with van der Waals surface area (Å²) >= 11 is 0. The topological polar surface area (TPSA) is 92.8 Å². The number of nitrogens with one attached hydrogen (secondary N) is 1. The zero-order valence-electron chi connectivity index (χ0n) is 18.1. The Morgan fingerprint density at radius 1 is 1.06 bits per heavy atom. The third-order valence-electron chi connectivity index (χ3n) is 6.17. The molecule has 170 valence electrons. The van der Waals surface area contributed by atoms with Gasteiger partial charge in [0.2, 0.25) is 5.91 Å². The standard InChI is InChI=1S/C24H28N2O5S/c1-32(29,30)20-9-7-18(8-10-20)23-21(15-22(27)31-23)24(28)25-19-11-13-26(14-12-19)16-17-5-3-2-4-6-17/h2-10,19,21,23H,11-16H2,1H3,(H,25,28)/t21-,23+/m0/s1. The normalized spacial score (nSPS) is 22.5. The lowest BCUT2D eigenvalue weighted by Crippen LogP contribution is -2.46. The summed E-state index contributed by atoms with van der Waals surface area (Å²) in [4.78, 5) is 27.5. The first kappa shape index (κ1) is 22.5. The molecule has 1 amide bonds. The van der Waals surface area contributed by atoms with Crippen molar-refractivity contribution in [2.75, 3.05) is 19.3 Å². The quantitative estimate of drug-likeness (QED) is 0.672. The van der Waals surface area contributed by atoms with Crippen LogP contribution in [0.15, 0.2) is 59.5 Å². The lowest BCUT2D eigenvalue weighted by atomic mass is 9.93. The van der Waals surface area contributed by atoms with E-state index in [0.29, 0.717) is 5.56 Å². The number of piperidine rings is 1. The lowest BCUT2D eigenvalue weighted by molar-refractivity contribution is -0.141. The van der Waals surface area contributed by atoms with Gasteiger partial charge in [0.15, 0.2) is 9.84 Å². The third kappa shape index (κ3) is 5.37. The number of hydrogen-bond donors (Lipinski definition) is 1. The molecule has 4 rings (SSSR count). The van der Waals surface area contributed by atoms with Crippen molar-refractivity contribution in [3.05, 3.63) is 65.7 Å². The number of amides is 1. The Morgan fingerprint density at radius 3 is 2.34 bits per heavy atom. The summed E-state index contributed by atoms with van der Waals surface area (Å²) in [5.74, 6) is -1.22. The minimum atomic E-state index is -3.32. The number of nitrogens with zero attached hydrogens (tertiary/aromatic N) is 1. The number of sulfone groups is 1. The van der Waals surface area contributed by atoms with Gasteiger partial charge >= 0.3 is 5.97 Å². The van der Waals surface area contributed by atoms with E-state index in [9.17, 15) is 18.0 Å². The Morgan fingerprint density at radius 2 is 1.72 bits per heavy atom. The van der Waals surface area contributed by atoms with E-state index < -0.39 is 27.8 Å². The highest BCUT2D eigenvalue weighted by Crippen LogP contribution is 2.36. The van der Waals surface area contributed by atoms with Crippen LogP contribution in [0, 0.1) is 5.92 Å². The van der Waals surface area contributed by atoms with Crippen molar-refractivity contribution in [2.45, 2.75) is 42.8 Å². The van der Waals surface area contributed by atoms with Crippen LogP contribution < -0.4 is 5.32 Å². The Balaban J connectivity index is 1.34. The zero-order chi connectivity index (χ0) is 22.7. The van der Waals surface area contributed by atoms with Crippen molar-refractivity contribution in [2.24, 2.45) is 5.92 Å². The number of likely N-dealkylation sites (tertiary alicyclic amines) is 1. The maximum atomic E-state index is 13.0. The van der Waals surface area contributed by atoms with Crippen LogP contribution in [0.1, 0.15) is 36.5 Å². The van der Waals surface area contributed by atoms with Gasteiger partial charge in [-0.25, -0.2) is 8.42 Å². The molecule has 2 saturated heterocycles. The van der Waals surface area contributed by atoms with Gasteiger partial charge in [-0.2, -0.15) is 0 Å². The number of hydrogen-bond acceptors (Lipinski definition) is 6. The minimum Gasteiger partial charge on any atom is -0.457 e. The lowest BCUT2D eigenvalue weighted by Gasteiger charge is -2.33. The Kier molecular flexibility index (Phi) is 6.62. The summed E-state index contributed by atoms with van der Waals surface area (Å²) in [7, 11) is -3.32. The summed E-state index contributed by atoms with van der Waals surface area (Å²) in [6.07, 6.45) is 2.17. The molecule has 0 saturated carbocycles. The fraction of sp³-hybridized carbons (Fsp3) is 0.417. The van der Waals surface area contributed by atoms with Crippen LogP contribution in [0.3, 0.4) is 0 Å². The third-order valence-corrected chi connectivity index (χ3v) is 7.30. The van der Waals surface area contributed by atoms with Crippen LogP contribution in [0.25, 0.3) is 0 Å². The van der Waals surface area contributed by atoms with Crippen LogP contribution in [-0.4, -0.2) is 50.6 Å². The van der Waals surface area contributed by atoms with Crippen molar-refractivity contribution < 1.29 is 22.7 Å². The summed E-state index contributed by atoms with van der Waals surface area (Å²) in [5, 5.41) is 3.11. The van der Waals surface area contributed by atoms with Crippen LogP contribution in [-0.2, 0) is 30.7 Å². The van der Waals surface area contributed by atoms with Crippen molar-refractivity contribution in [3.63, 3.8) is 0 Å². The average molecular weight is 457 g/mol. The molecule has 0 aromatic heterocycles. The van der Waals surface area contributed by atoms with E-state index in [4.69, 9.17) is 4.74 Å². The summed E-state index contributed by atoms with van der Waals surface area (Å²) in [5.41, 5.74) is 1.91. The first-order chi connectivity index (χ1) is 15.3. The number of carbonyl (C=O) groups excluding carboxylic acids is 2. The second-order valence-electron chi connectivity index (χ2n) is 8.61. The molecule has 2 aliphatic heterocycles. The smallest absolute Gasteiger partial charge is 0.307 e. The molecule has 0 unspecified atom stereocenters. The number of cyclic esters (lactones) is 1. The van der Waals surface area contributed by atoms with E-state index in [2.05, 4.69) is 22.3 Å². The molecule has 0 bridgehead atoms. The number of ether oxygens (including phenoxy) is 1. The molecular weight excluding hydrogens is 428 g/mol. The van der Waals surface area contributed by atoms with Crippen molar-refractivity contribution in [1.29, 1.82) is 0 Å². The fourth-order valence-corrected chi connectivity index (χ4v) is 5.01. The zero-order valence-corrected chi connectivity index (χ0v) is 18.9. The molecule has 2 aliphatic rings. The van der Waals surface area contributed by atoms with Gasteiger partial charge in [0, 0.05) is 31.9 Å². The van der Waals surface area contributed by atoms with Gasteiger partial charge in [-0.3, -0.25) is 14.5 Å². The van der Waals surface area contributed by atoms with E-state index >= 15 is 0 Å². The molecule has 0 aliphatic carbocycles. The molecule has 2 aromatic carbocycles. The van der Waals surface area contributed by atoms with Crippen molar-refractivity contribution in [3.8, 4) is 0 Å². The molecular formula is C24H28N2O5S. The first-order valence-electron chi connectivity index (χ1n) is 10.9. The molecule has 8 heteroatoms. The Bertz CT molecular complexity index is 1060. The maximum absolute atomic E-state index is 13.0. The second-order valence-corrected chi connectivity index (χ2v) is 10.6. The molecule has 32 heavy (non-hydrogen) atoms. The molecule has 2 heterocycles. The van der Waals surface area contributed by atoms with Crippen LogP contribution in [0.5, 0.6) is 0 Å². The van der Waals surface area contributed by atoms with Gasteiger partial charge in [0.05, 0.1) is 17.2 Å². The molecule has 2 atom stereocenters. The van der Waals surface area contributed by atoms with Gasteiger partial charge in [-0.15, -0.1) is 0 Å². The predicted molar refractivity (Wildman–Crippen MR) is 119 cm³/mol. The molecule has 2 fully saturated rings. The van der Waals surface area contributed by atoms with E-state index in [1.807, 2.05) is 18.2 Å². The van der Waals surface area contributed by atoms with Gasteiger partial charge in [-0.1, -0.05) is 42.5 Å². The second kappa shape index (κ2) is 9.42. The van der Waals surface area contributed by atoms with Gasteiger partial charge in [-0.05, 0) is 36.1 Å². The Hall–Kier alpha value is -2.71. The van der Waals surface area contributed by atoms with E-state index in [0.717, 1.165) is 38.7 Å². The highest BCUT2D eigenvalue weighted by molar-refractivity contribution is 7.90. The van der Waals surface area contributed by atoms with E-state index in [1.165, 1.54) is 17.7 Å². The first-order valence-corrected chi connectivity index (χ1v) is 12.7. The summed E-state index contributed by atoms with van der Waals surface area (Å²) in [6.45, 7) is 2.70. The van der Waals surface area contributed by atoms with E-state index in [-0.39, 0.29) is 23.3 Å². The molecule has 2 aromatic rings. The van der Waals surface area contributed by atoms with Crippen LogP contribution >= 0.6 is 0 Å². The molecule has 7 nitrogen and oxygen atoms in total. The van der Waals surface area contributed by atoms with Gasteiger partial charge < -0.3 is 10.1 Å². The average Bonchev–Trinajstić information content (AvgIpc) is 3.17.